The lowest BCUT2D eigenvalue weighted by Gasteiger charge is -2.31. The molecule has 0 N–H and O–H groups in total. The average Bonchev–Trinajstić information content (AvgIpc) is 2.77. The molecule has 0 aromatic heterocycles. The molecular weight excluding hydrogens is 301 g/mol. The highest BCUT2D eigenvalue weighted by Gasteiger charge is 2.62. The van der Waals surface area contributed by atoms with E-state index in [2.05, 4.69) is 0 Å². The summed E-state index contributed by atoms with van der Waals surface area (Å²) >= 11 is 13.6. The van der Waals surface area contributed by atoms with E-state index in [4.69, 9.17) is 23.2 Å². The maximum absolute atomic E-state index is 14.0. The quantitative estimate of drug-likeness (QED) is 0.627. The molecule has 0 nitrogen and oxygen atoms in total. The van der Waals surface area contributed by atoms with Crippen LogP contribution in [0, 0.1) is 11.6 Å². The van der Waals surface area contributed by atoms with Gasteiger partial charge in [0.25, 0.3) is 0 Å². The maximum Gasteiger partial charge on any atom is 0.126 e. The summed E-state index contributed by atoms with van der Waals surface area (Å²) in [6.45, 7) is 0. The molecule has 0 saturated carbocycles. The van der Waals surface area contributed by atoms with Crippen molar-refractivity contribution in [3.63, 3.8) is 0 Å². The van der Waals surface area contributed by atoms with Crippen molar-refractivity contribution >= 4 is 23.2 Å². The number of benzene rings is 2. The largest absolute Gasteiger partial charge is 0.207 e. The topological polar surface area (TPSA) is 0 Å². The fourth-order valence-electron chi connectivity index (χ4n) is 3.62. The van der Waals surface area contributed by atoms with Gasteiger partial charge < -0.3 is 0 Å². The Morgan fingerprint density at radius 3 is 1.70 bits per heavy atom. The summed E-state index contributed by atoms with van der Waals surface area (Å²) < 4.78 is 28.0. The fraction of sp³-hybridized carbons (Fsp3) is 0.250. The summed E-state index contributed by atoms with van der Waals surface area (Å²) in [4.78, 5) is -1.95. The first-order valence-electron chi connectivity index (χ1n) is 6.41. The molecule has 0 bridgehead atoms. The van der Waals surface area contributed by atoms with Gasteiger partial charge in [-0.05, 0) is 47.2 Å². The molecular formula is C16H10Cl2F2. The third kappa shape index (κ3) is 1.27. The van der Waals surface area contributed by atoms with E-state index < -0.39 is 9.75 Å². The van der Waals surface area contributed by atoms with Crippen LogP contribution >= 0.6 is 23.2 Å². The number of fused-ring (bicyclic) bond motifs is 5. The van der Waals surface area contributed by atoms with Gasteiger partial charge in [0, 0.05) is 0 Å². The number of rotatable bonds is 0. The van der Waals surface area contributed by atoms with Gasteiger partial charge in [0.2, 0.25) is 0 Å². The Labute approximate surface area is 125 Å². The van der Waals surface area contributed by atoms with Crippen molar-refractivity contribution < 1.29 is 8.78 Å². The molecule has 2 aromatic carbocycles. The summed E-state index contributed by atoms with van der Waals surface area (Å²) in [6, 6.07) is 9.64. The van der Waals surface area contributed by atoms with Crippen LogP contribution in [-0.2, 0) is 17.7 Å². The SMILES string of the molecule is Fc1cccc2c1CC1(Cl)Cc3c(F)cccc3C21Cl. The molecule has 0 radical (unpaired) electrons. The maximum atomic E-state index is 14.0. The van der Waals surface area contributed by atoms with Gasteiger partial charge in [-0.25, -0.2) is 8.78 Å². The van der Waals surface area contributed by atoms with E-state index in [0.717, 1.165) is 0 Å². The van der Waals surface area contributed by atoms with Crippen LogP contribution in [0.3, 0.4) is 0 Å². The van der Waals surface area contributed by atoms with Crippen molar-refractivity contribution in [2.45, 2.75) is 22.6 Å². The van der Waals surface area contributed by atoms with Crippen LogP contribution in [0.5, 0.6) is 0 Å². The van der Waals surface area contributed by atoms with Crippen molar-refractivity contribution in [2.24, 2.45) is 0 Å². The summed E-state index contributed by atoms with van der Waals surface area (Å²) in [6.07, 6.45) is 0.627. The van der Waals surface area contributed by atoms with Gasteiger partial charge in [0.05, 0.1) is 4.87 Å². The fourth-order valence-corrected chi connectivity index (χ4v) is 4.58. The summed E-state index contributed by atoms with van der Waals surface area (Å²) in [5, 5.41) is 0. The van der Waals surface area contributed by atoms with E-state index in [-0.39, 0.29) is 11.6 Å². The van der Waals surface area contributed by atoms with Crippen LogP contribution in [0.2, 0.25) is 0 Å². The van der Waals surface area contributed by atoms with Crippen LogP contribution in [0.15, 0.2) is 36.4 Å². The highest BCUT2D eigenvalue weighted by atomic mass is 35.5. The number of hydrogen-bond donors (Lipinski definition) is 0. The first-order valence-corrected chi connectivity index (χ1v) is 7.16. The average molecular weight is 311 g/mol. The Bertz CT molecular complexity index is 684. The van der Waals surface area contributed by atoms with Crippen molar-refractivity contribution in [2.75, 3.05) is 0 Å². The standard InChI is InChI=1S/C16H10Cl2F2/c17-15-7-9-11(3-1-5-13(9)19)16(15,18)12-4-2-6-14(20)10(12)8-15/h1-6H,7-8H2. The van der Waals surface area contributed by atoms with Crippen molar-refractivity contribution in [1.82, 2.24) is 0 Å². The Morgan fingerprint density at radius 2 is 1.25 bits per heavy atom. The van der Waals surface area contributed by atoms with E-state index in [0.29, 0.717) is 35.1 Å². The predicted molar refractivity (Wildman–Crippen MR) is 75.4 cm³/mol. The molecule has 4 rings (SSSR count). The second-order valence-electron chi connectivity index (χ2n) is 5.51. The molecule has 0 saturated heterocycles. The van der Waals surface area contributed by atoms with E-state index in [1.165, 1.54) is 12.1 Å². The highest BCUT2D eigenvalue weighted by Crippen LogP contribution is 2.63. The summed E-state index contributed by atoms with van der Waals surface area (Å²) in [5.74, 6) is -0.593. The minimum absolute atomic E-state index is 0.296. The molecule has 2 aromatic rings. The molecule has 2 aliphatic carbocycles. The molecule has 0 amide bonds. The minimum Gasteiger partial charge on any atom is -0.207 e. The summed E-state index contributed by atoms with van der Waals surface area (Å²) in [7, 11) is 0. The van der Waals surface area contributed by atoms with Crippen LogP contribution in [0.4, 0.5) is 8.78 Å². The second-order valence-corrected chi connectivity index (χ2v) is 6.80. The third-order valence-electron chi connectivity index (χ3n) is 4.51. The van der Waals surface area contributed by atoms with Crippen LogP contribution in [-0.4, -0.2) is 4.87 Å². The van der Waals surface area contributed by atoms with Gasteiger partial charge in [-0.15, -0.1) is 23.2 Å². The lowest BCUT2D eigenvalue weighted by Crippen LogP contribution is -2.37. The first kappa shape index (κ1) is 12.6. The monoisotopic (exact) mass is 310 g/mol. The molecule has 0 unspecified atom stereocenters. The van der Waals surface area contributed by atoms with Crippen LogP contribution in [0.25, 0.3) is 0 Å². The molecule has 102 valence electrons. The lowest BCUT2D eigenvalue weighted by molar-refractivity contribution is 0.532. The Morgan fingerprint density at radius 1 is 0.800 bits per heavy atom. The van der Waals surface area contributed by atoms with Crippen molar-refractivity contribution in [3.8, 4) is 0 Å². The van der Waals surface area contributed by atoms with Crippen molar-refractivity contribution in [3.05, 3.63) is 70.3 Å². The lowest BCUT2D eigenvalue weighted by atomic mass is 9.90. The number of halogens is 4. The zero-order valence-electron chi connectivity index (χ0n) is 10.4. The molecule has 2 aliphatic rings. The molecule has 4 heteroatoms. The third-order valence-corrected chi connectivity index (χ3v) is 5.93. The van der Waals surface area contributed by atoms with E-state index in [9.17, 15) is 8.78 Å². The highest BCUT2D eigenvalue weighted by molar-refractivity contribution is 6.38. The zero-order chi connectivity index (χ0) is 14.1. The van der Waals surface area contributed by atoms with Crippen LogP contribution < -0.4 is 0 Å². The Hall–Kier alpha value is -1.12. The molecule has 0 heterocycles. The second kappa shape index (κ2) is 3.75. The Kier molecular flexibility index (Phi) is 2.36. The molecule has 0 fully saturated rings. The predicted octanol–water partition coefficient (Wildman–Crippen LogP) is 4.54. The molecule has 0 spiro atoms. The molecule has 0 atom stereocenters. The van der Waals surface area contributed by atoms with Gasteiger partial charge in [-0.1, -0.05) is 24.3 Å². The van der Waals surface area contributed by atoms with E-state index in [1.54, 1.807) is 24.3 Å². The molecule has 20 heavy (non-hydrogen) atoms. The van der Waals surface area contributed by atoms with Gasteiger partial charge >= 0.3 is 0 Å². The van der Waals surface area contributed by atoms with E-state index >= 15 is 0 Å². The van der Waals surface area contributed by atoms with Crippen LogP contribution in [0.1, 0.15) is 22.3 Å². The van der Waals surface area contributed by atoms with Gasteiger partial charge in [-0.3, -0.25) is 0 Å². The smallest absolute Gasteiger partial charge is 0.126 e. The van der Waals surface area contributed by atoms with Crippen molar-refractivity contribution in [1.29, 1.82) is 0 Å². The number of alkyl halides is 2. The van der Waals surface area contributed by atoms with Gasteiger partial charge in [0.15, 0.2) is 0 Å². The van der Waals surface area contributed by atoms with Gasteiger partial charge in [-0.2, -0.15) is 0 Å². The Balaban J connectivity index is 2.07. The zero-order valence-corrected chi connectivity index (χ0v) is 11.9. The van der Waals surface area contributed by atoms with Gasteiger partial charge in [0.1, 0.15) is 16.5 Å². The summed E-state index contributed by atoms with van der Waals surface area (Å²) in [5.41, 5.74) is 2.43. The minimum atomic E-state index is -1.05. The molecule has 0 aliphatic heterocycles. The van der Waals surface area contributed by atoms with E-state index in [1.807, 2.05) is 0 Å². The number of hydrogen-bond acceptors (Lipinski definition) is 0. The normalized spacial score (nSPS) is 30.0. The first-order chi connectivity index (χ1) is 9.47.